The van der Waals surface area contributed by atoms with Crippen molar-refractivity contribution in [1.82, 2.24) is 0 Å². The van der Waals surface area contributed by atoms with Gasteiger partial charge < -0.3 is 14.2 Å². The highest BCUT2D eigenvalue weighted by atomic mass is 16.6. The lowest BCUT2D eigenvalue weighted by Crippen LogP contribution is -2.30. The van der Waals surface area contributed by atoms with E-state index in [4.69, 9.17) is 14.2 Å². The largest absolute Gasteiger partial charge is 0.462 e. The second-order valence-electron chi connectivity index (χ2n) is 13.0. The maximum atomic E-state index is 12.5. The van der Waals surface area contributed by atoms with Crippen molar-refractivity contribution >= 4 is 17.9 Å². The number of unbranched alkanes of at least 4 members (excludes halogenated alkanes) is 19. The summed E-state index contributed by atoms with van der Waals surface area (Å²) in [5, 5.41) is 0. The number of carbonyl (C=O) groups is 3. The molecule has 0 aromatic rings. The summed E-state index contributed by atoms with van der Waals surface area (Å²) < 4.78 is 16.5. The Kier molecular flexibility index (Phi) is 30.6. The Bertz CT molecular complexity index is 647. The van der Waals surface area contributed by atoms with Crippen molar-refractivity contribution in [1.29, 1.82) is 0 Å². The third-order valence-corrected chi connectivity index (χ3v) is 8.04. The van der Waals surface area contributed by atoms with Gasteiger partial charge in [-0.25, -0.2) is 0 Å². The topological polar surface area (TPSA) is 78.9 Å². The second kappa shape index (κ2) is 31.8. The summed E-state index contributed by atoms with van der Waals surface area (Å²) in [6.07, 6.45) is 26.8. The number of rotatable bonds is 32. The Morgan fingerprint density at radius 1 is 0.442 bits per heavy atom. The molecule has 1 atom stereocenters. The molecule has 0 aliphatic carbocycles. The minimum atomic E-state index is -0.756. The van der Waals surface area contributed by atoms with E-state index in [0.29, 0.717) is 19.3 Å². The lowest BCUT2D eigenvalue weighted by atomic mass is 10.0. The van der Waals surface area contributed by atoms with Gasteiger partial charge in [-0.2, -0.15) is 0 Å². The van der Waals surface area contributed by atoms with Gasteiger partial charge in [-0.15, -0.1) is 0 Å². The van der Waals surface area contributed by atoms with Crippen LogP contribution in [0.2, 0.25) is 0 Å². The standard InChI is InChI=1S/C37H70O6/c1-5-7-9-11-13-14-16-22-26-30-37(40)43-34(31-41-35(38)28-24-20-15-12-10-8-6-2)32-42-36(39)29-25-21-18-17-19-23-27-33(3)4/h33-34H,5-32H2,1-4H3/t34-/m1/s1. The summed E-state index contributed by atoms with van der Waals surface area (Å²) in [4.78, 5) is 37.2. The molecule has 0 aliphatic rings. The third kappa shape index (κ3) is 31.6. The summed E-state index contributed by atoms with van der Waals surface area (Å²) in [6, 6.07) is 0. The molecule has 0 spiro atoms. The SMILES string of the molecule is CCCCCCCCCCCC(=O)O[C@H](COC(=O)CCCCCCCCC)COC(=O)CCCCCCCCC(C)C. The van der Waals surface area contributed by atoms with Gasteiger partial charge >= 0.3 is 17.9 Å². The lowest BCUT2D eigenvalue weighted by Gasteiger charge is -2.18. The number of esters is 3. The number of hydrogen-bond acceptors (Lipinski definition) is 6. The summed E-state index contributed by atoms with van der Waals surface area (Å²) >= 11 is 0. The lowest BCUT2D eigenvalue weighted by molar-refractivity contribution is -0.167. The van der Waals surface area contributed by atoms with Crippen LogP contribution in [0, 0.1) is 5.92 Å². The minimum Gasteiger partial charge on any atom is -0.462 e. The van der Waals surface area contributed by atoms with Crippen LogP contribution >= 0.6 is 0 Å². The van der Waals surface area contributed by atoms with E-state index in [1.54, 1.807) is 0 Å². The normalized spacial score (nSPS) is 11.9. The molecule has 0 fully saturated rings. The maximum absolute atomic E-state index is 12.5. The zero-order valence-electron chi connectivity index (χ0n) is 28.9. The fourth-order valence-electron chi connectivity index (χ4n) is 5.21. The summed E-state index contributed by atoms with van der Waals surface area (Å²) in [5.41, 5.74) is 0. The molecule has 0 heterocycles. The van der Waals surface area contributed by atoms with E-state index in [-0.39, 0.29) is 31.1 Å². The van der Waals surface area contributed by atoms with Gasteiger partial charge in [0.1, 0.15) is 13.2 Å². The predicted molar refractivity (Wildman–Crippen MR) is 178 cm³/mol. The molecule has 0 bridgehead atoms. The van der Waals surface area contributed by atoms with Gasteiger partial charge in [0, 0.05) is 19.3 Å². The molecule has 0 N–H and O–H groups in total. The van der Waals surface area contributed by atoms with Gasteiger partial charge in [-0.3, -0.25) is 14.4 Å². The second-order valence-corrected chi connectivity index (χ2v) is 13.0. The van der Waals surface area contributed by atoms with Crippen molar-refractivity contribution in [2.24, 2.45) is 5.92 Å². The first kappa shape index (κ1) is 41.4. The van der Waals surface area contributed by atoms with E-state index in [2.05, 4.69) is 27.7 Å². The van der Waals surface area contributed by atoms with Gasteiger partial charge in [0.15, 0.2) is 6.10 Å². The molecular formula is C37H70O6. The molecule has 0 saturated heterocycles. The monoisotopic (exact) mass is 611 g/mol. The van der Waals surface area contributed by atoms with Gasteiger partial charge in [-0.1, -0.05) is 156 Å². The van der Waals surface area contributed by atoms with E-state index in [9.17, 15) is 14.4 Å². The van der Waals surface area contributed by atoms with Crippen LogP contribution in [0.25, 0.3) is 0 Å². The Hall–Kier alpha value is -1.59. The zero-order valence-corrected chi connectivity index (χ0v) is 28.9. The van der Waals surface area contributed by atoms with E-state index in [0.717, 1.165) is 63.7 Å². The summed E-state index contributed by atoms with van der Waals surface area (Å²) in [5.74, 6) is -0.117. The third-order valence-electron chi connectivity index (χ3n) is 8.04. The van der Waals surface area contributed by atoms with Gasteiger partial charge in [-0.05, 0) is 25.2 Å². The zero-order chi connectivity index (χ0) is 31.8. The van der Waals surface area contributed by atoms with Crippen LogP contribution in [0.1, 0.15) is 195 Å². The summed E-state index contributed by atoms with van der Waals surface area (Å²) in [7, 11) is 0. The van der Waals surface area contributed by atoms with E-state index < -0.39 is 6.10 Å². The van der Waals surface area contributed by atoms with Crippen molar-refractivity contribution in [2.45, 2.75) is 201 Å². The first-order chi connectivity index (χ1) is 20.9. The van der Waals surface area contributed by atoms with Crippen LogP contribution in [-0.2, 0) is 28.6 Å². The van der Waals surface area contributed by atoms with E-state index in [1.165, 1.54) is 89.9 Å². The van der Waals surface area contributed by atoms with Crippen LogP contribution in [0.15, 0.2) is 0 Å². The molecule has 0 unspecified atom stereocenters. The average molecular weight is 611 g/mol. The molecule has 0 aromatic heterocycles. The quantitative estimate of drug-likeness (QED) is 0.0428. The number of carbonyl (C=O) groups excluding carboxylic acids is 3. The maximum Gasteiger partial charge on any atom is 0.306 e. The Balaban J connectivity index is 4.36. The van der Waals surface area contributed by atoms with Crippen molar-refractivity contribution in [3.05, 3.63) is 0 Å². The fraction of sp³-hybridized carbons (Fsp3) is 0.919. The van der Waals surface area contributed by atoms with Crippen molar-refractivity contribution in [3.8, 4) is 0 Å². The molecule has 0 aromatic carbocycles. The van der Waals surface area contributed by atoms with Crippen molar-refractivity contribution < 1.29 is 28.6 Å². The van der Waals surface area contributed by atoms with Crippen LogP contribution < -0.4 is 0 Å². The predicted octanol–water partition coefficient (Wildman–Crippen LogP) is 10.8. The van der Waals surface area contributed by atoms with Gasteiger partial charge in [0.2, 0.25) is 0 Å². The Labute approximate surface area is 266 Å². The smallest absolute Gasteiger partial charge is 0.306 e. The average Bonchev–Trinajstić information content (AvgIpc) is 2.98. The van der Waals surface area contributed by atoms with Crippen molar-refractivity contribution in [2.75, 3.05) is 13.2 Å². The molecule has 0 saturated carbocycles. The molecule has 43 heavy (non-hydrogen) atoms. The van der Waals surface area contributed by atoms with E-state index in [1.807, 2.05) is 0 Å². The first-order valence-corrected chi connectivity index (χ1v) is 18.4. The highest BCUT2D eigenvalue weighted by Gasteiger charge is 2.19. The molecule has 0 rings (SSSR count). The molecule has 0 aliphatic heterocycles. The van der Waals surface area contributed by atoms with Crippen molar-refractivity contribution in [3.63, 3.8) is 0 Å². The Morgan fingerprint density at radius 3 is 1.14 bits per heavy atom. The highest BCUT2D eigenvalue weighted by molar-refractivity contribution is 5.71. The summed E-state index contributed by atoms with van der Waals surface area (Å²) in [6.45, 7) is 8.82. The van der Waals surface area contributed by atoms with Crippen LogP contribution in [-0.4, -0.2) is 37.2 Å². The molecule has 6 heteroatoms. The van der Waals surface area contributed by atoms with Crippen LogP contribution in [0.3, 0.4) is 0 Å². The fourth-order valence-corrected chi connectivity index (χ4v) is 5.21. The first-order valence-electron chi connectivity index (χ1n) is 18.4. The number of ether oxygens (including phenoxy) is 3. The molecule has 254 valence electrons. The molecular weight excluding hydrogens is 540 g/mol. The van der Waals surface area contributed by atoms with Gasteiger partial charge in [0.25, 0.3) is 0 Å². The minimum absolute atomic E-state index is 0.0670. The number of hydrogen-bond donors (Lipinski definition) is 0. The molecule has 0 radical (unpaired) electrons. The van der Waals surface area contributed by atoms with Crippen LogP contribution in [0.4, 0.5) is 0 Å². The Morgan fingerprint density at radius 2 is 0.767 bits per heavy atom. The highest BCUT2D eigenvalue weighted by Crippen LogP contribution is 2.14. The molecule has 0 amide bonds. The van der Waals surface area contributed by atoms with E-state index >= 15 is 0 Å². The molecule has 6 nitrogen and oxygen atoms in total. The van der Waals surface area contributed by atoms with Crippen LogP contribution in [0.5, 0.6) is 0 Å². The van der Waals surface area contributed by atoms with Gasteiger partial charge in [0.05, 0.1) is 0 Å².